The predicted octanol–water partition coefficient (Wildman–Crippen LogP) is 4.53. The van der Waals surface area contributed by atoms with Crippen molar-refractivity contribution in [2.75, 3.05) is 4.90 Å². The van der Waals surface area contributed by atoms with Crippen molar-refractivity contribution in [3.8, 4) is 0 Å². The van der Waals surface area contributed by atoms with Gasteiger partial charge < -0.3 is 5.11 Å². The van der Waals surface area contributed by atoms with Gasteiger partial charge in [-0.1, -0.05) is 60.7 Å². The molecule has 0 bridgehead atoms. The van der Waals surface area contributed by atoms with Crippen molar-refractivity contribution < 1.29 is 9.90 Å². The summed E-state index contributed by atoms with van der Waals surface area (Å²) in [6.45, 7) is 0. The van der Waals surface area contributed by atoms with E-state index in [1.54, 1.807) is 18.5 Å². The lowest BCUT2D eigenvalue weighted by Gasteiger charge is -2.35. The Morgan fingerprint density at radius 2 is 1.40 bits per heavy atom. The SMILES string of the molecule is O=C1c2ccccc2C(O)(c2ccccc2)N1c1ccc(Cc2ccncc2)cc1. The van der Waals surface area contributed by atoms with E-state index in [1.807, 2.05) is 84.9 Å². The van der Waals surface area contributed by atoms with Crippen LogP contribution < -0.4 is 4.90 Å². The Balaban J connectivity index is 1.56. The molecule has 4 nitrogen and oxygen atoms in total. The summed E-state index contributed by atoms with van der Waals surface area (Å²) >= 11 is 0. The van der Waals surface area contributed by atoms with Crippen molar-refractivity contribution in [3.05, 3.63) is 131 Å². The number of rotatable bonds is 4. The van der Waals surface area contributed by atoms with Gasteiger partial charge in [-0.3, -0.25) is 14.7 Å². The summed E-state index contributed by atoms with van der Waals surface area (Å²) in [6, 6.07) is 28.4. The van der Waals surface area contributed by atoms with Crippen LogP contribution in [0.5, 0.6) is 0 Å². The Morgan fingerprint density at radius 1 is 0.767 bits per heavy atom. The maximum absolute atomic E-state index is 13.3. The van der Waals surface area contributed by atoms with E-state index in [4.69, 9.17) is 0 Å². The molecule has 0 saturated heterocycles. The van der Waals surface area contributed by atoms with E-state index in [9.17, 15) is 9.90 Å². The van der Waals surface area contributed by atoms with Gasteiger partial charge in [0.2, 0.25) is 0 Å². The Hall–Kier alpha value is -3.76. The monoisotopic (exact) mass is 392 g/mol. The number of benzene rings is 3. The number of carbonyl (C=O) groups is 1. The van der Waals surface area contributed by atoms with Gasteiger partial charge >= 0.3 is 0 Å². The highest BCUT2D eigenvalue weighted by molar-refractivity contribution is 6.12. The van der Waals surface area contributed by atoms with Crippen LogP contribution in [0.25, 0.3) is 0 Å². The zero-order chi connectivity index (χ0) is 20.6. The third kappa shape index (κ3) is 2.90. The molecule has 5 rings (SSSR count). The zero-order valence-corrected chi connectivity index (χ0v) is 16.3. The number of fused-ring (bicyclic) bond motifs is 1. The molecule has 1 unspecified atom stereocenters. The number of pyridine rings is 1. The summed E-state index contributed by atoms with van der Waals surface area (Å²) in [5.41, 5.74) is 3.17. The van der Waals surface area contributed by atoms with Gasteiger partial charge in [-0.25, -0.2) is 0 Å². The lowest BCUT2D eigenvalue weighted by molar-refractivity contribution is 0.0703. The summed E-state index contributed by atoms with van der Waals surface area (Å²) in [5.74, 6) is -0.209. The predicted molar refractivity (Wildman–Crippen MR) is 116 cm³/mol. The molecule has 1 aromatic heterocycles. The minimum absolute atomic E-state index is 0.209. The molecule has 0 radical (unpaired) electrons. The van der Waals surface area contributed by atoms with E-state index in [-0.39, 0.29) is 5.91 Å². The molecule has 146 valence electrons. The quantitative estimate of drug-likeness (QED) is 0.555. The molecule has 1 N–H and O–H groups in total. The fourth-order valence-corrected chi connectivity index (χ4v) is 4.12. The molecular formula is C26H20N2O2. The fourth-order valence-electron chi connectivity index (χ4n) is 4.12. The maximum Gasteiger partial charge on any atom is 0.261 e. The van der Waals surface area contributed by atoms with E-state index < -0.39 is 5.72 Å². The first-order valence-electron chi connectivity index (χ1n) is 9.88. The molecule has 0 spiro atoms. The third-order valence-electron chi connectivity index (χ3n) is 5.59. The van der Waals surface area contributed by atoms with Crippen LogP contribution in [0.15, 0.2) is 103 Å². The molecule has 0 fully saturated rings. The number of carbonyl (C=O) groups excluding carboxylic acids is 1. The van der Waals surface area contributed by atoms with Crippen molar-refractivity contribution in [1.82, 2.24) is 4.98 Å². The number of nitrogens with zero attached hydrogens (tertiary/aromatic N) is 2. The van der Waals surface area contributed by atoms with Crippen LogP contribution in [-0.2, 0) is 12.1 Å². The van der Waals surface area contributed by atoms with E-state index in [2.05, 4.69) is 4.98 Å². The minimum atomic E-state index is -1.55. The van der Waals surface area contributed by atoms with Crippen LogP contribution in [0, 0.1) is 0 Å². The Kier molecular flexibility index (Phi) is 4.42. The number of aliphatic hydroxyl groups is 1. The molecule has 1 amide bonds. The van der Waals surface area contributed by atoms with Crippen LogP contribution >= 0.6 is 0 Å². The average Bonchev–Trinajstić information content (AvgIpc) is 3.04. The molecule has 4 aromatic rings. The van der Waals surface area contributed by atoms with E-state index in [0.29, 0.717) is 22.4 Å². The second-order valence-corrected chi connectivity index (χ2v) is 7.42. The molecule has 1 aliphatic heterocycles. The molecule has 0 aliphatic carbocycles. The maximum atomic E-state index is 13.3. The first-order chi connectivity index (χ1) is 14.7. The number of hydrogen-bond donors (Lipinski definition) is 1. The van der Waals surface area contributed by atoms with Crippen molar-refractivity contribution in [3.63, 3.8) is 0 Å². The lowest BCUT2D eigenvalue weighted by atomic mass is 9.93. The van der Waals surface area contributed by atoms with Crippen LogP contribution in [0.1, 0.15) is 32.6 Å². The summed E-state index contributed by atoms with van der Waals surface area (Å²) in [7, 11) is 0. The normalized spacial score (nSPS) is 17.8. The van der Waals surface area contributed by atoms with Gasteiger partial charge in [0.05, 0.1) is 0 Å². The van der Waals surface area contributed by atoms with Crippen LogP contribution in [-0.4, -0.2) is 16.0 Å². The van der Waals surface area contributed by atoms with Gasteiger partial charge in [-0.2, -0.15) is 0 Å². The number of anilines is 1. The second-order valence-electron chi connectivity index (χ2n) is 7.42. The Bertz CT molecular complexity index is 1190. The van der Waals surface area contributed by atoms with Gasteiger partial charge in [-0.05, 0) is 47.9 Å². The van der Waals surface area contributed by atoms with Crippen LogP contribution in [0.2, 0.25) is 0 Å². The minimum Gasteiger partial charge on any atom is -0.363 e. The summed E-state index contributed by atoms with van der Waals surface area (Å²) in [6.07, 6.45) is 4.34. The Labute approximate surface area is 175 Å². The van der Waals surface area contributed by atoms with E-state index in [1.165, 1.54) is 10.5 Å². The van der Waals surface area contributed by atoms with Gasteiger partial charge in [0.15, 0.2) is 5.72 Å². The lowest BCUT2D eigenvalue weighted by Crippen LogP contribution is -2.45. The van der Waals surface area contributed by atoms with Crippen LogP contribution in [0.3, 0.4) is 0 Å². The molecule has 30 heavy (non-hydrogen) atoms. The zero-order valence-electron chi connectivity index (χ0n) is 16.3. The van der Waals surface area contributed by atoms with Crippen molar-refractivity contribution in [2.24, 2.45) is 0 Å². The number of hydrogen-bond acceptors (Lipinski definition) is 3. The van der Waals surface area contributed by atoms with Gasteiger partial charge in [0.1, 0.15) is 0 Å². The molecule has 2 heterocycles. The largest absolute Gasteiger partial charge is 0.363 e. The number of amides is 1. The molecule has 1 aliphatic rings. The summed E-state index contributed by atoms with van der Waals surface area (Å²) in [5, 5.41) is 11.9. The van der Waals surface area contributed by atoms with E-state index in [0.717, 1.165) is 12.0 Å². The molecule has 3 aromatic carbocycles. The van der Waals surface area contributed by atoms with Crippen molar-refractivity contribution >= 4 is 11.6 Å². The standard InChI is InChI=1S/C26H20N2O2/c29-25-23-8-4-5-9-24(23)26(30,21-6-2-1-3-7-21)28(25)22-12-10-19(11-13-22)18-20-14-16-27-17-15-20/h1-17,30H,18H2. The van der Waals surface area contributed by atoms with Crippen molar-refractivity contribution in [1.29, 1.82) is 0 Å². The topological polar surface area (TPSA) is 53.4 Å². The fraction of sp³-hybridized carbons (Fsp3) is 0.0769. The van der Waals surface area contributed by atoms with E-state index >= 15 is 0 Å². The smallest absolute Gasteiger partial charge is 0.261 e. The highest BCUT2D eigenvalue weighted by atomic mass is 16.3. The summed E-state index contributed by atoms with van der Waals surface area (Å²) in [4.78, 5) is 18.9. The molecular weight excluding hydrogens is 372 g/mol. The second kappa shape index (κ2) is 7.25. The van der Waals surface area contributed by atoms with Gasteiger partial charge in [0.25, 0.3) is 5.91 Å². The average molecular weight is 392 g/mol. The molecule has 0 saturated carbocycles. The van der Waals surface area contributed by atoms with Crippen molar-refractivity contribution in [2.45, 2.75) is 12.1 Å². The summed E-state index contributed by atoms with van der Waals surface area (Å²) < 4.78 is 0. The molecule has 1 atom stereocenters. The highest BCUT2D eigenvalue weighted by Gasteiger charge is 2.50. The highest BCUT2D eigenvalue weighted by Crippen LogP contribution is 2.44. The third-order valence-corrected chi connectivity index (χ3v) is 5.59. The van der Waals surface area contributed by atoms with Gasteiger partial charge in [0, 0.05) is 34.8 Å². The Morgan fingerprint density at radius 3 is 2.13 bits per heavy atom. The molecule has 4 heteroatoms. The first-order valence-corrected chi connectivity index (χ1v) is 9.88. The first kappa shape index (κ1) is 18.3. The van der Waals surface area contributed by atoms with Gasteiger partial charge in [-0.15, -0.1) is 0 Å². The number of aromatic nitrogens is 1. The van der Waals surface area contributed by atoms with Crippen LogP contribution in [0.4, 0.5) is 5.69 Å².